The van der Waals surface area contributed by atoms with E-state index in [-0.39, 0.29) is 18.1 Å². The van der Waals surface area contributed by atoms with Crippen LogP contribution in [0.1, 0.15) is 23.7 Å². The van der Waals surface area contributed by atoms with Crippen LogP contribution < -0.4 is 15.4 Å². The van der Waals surface area contributed by atoms with Crippen LogP contribution in [-0.4, -0.2) is 24.7 Å². The summed E-state index contributed by atoms with van der Waals surface area (Å²) in [6, 6.07) is 13.2. The molecule has 0 saturated carbocycles. The fourth-order valence-corrected chi connectivity index (χ4v) is 2.07. The van der Waals surface area contributed by atoms with Crippen molar-refractivity contribution in [3.8, 4) is 5.75 Å². The fourth-order valence-electron chi connectivity index (χ4n) is 2.07. The molecule has 0 fully saturated rings. The molecule has 0 aliphatic heterocycles. The number of ether oxygens (including phenoxy) is 1. The van der Waals surface area contributed by atoms with E-state index < -0.39 is 5.91 Å². The maximum absolute atomic E-state index is 12.1. The molecule has 0 heterocycles. The largest absolute Gasteiger partial charge is 0.497 e. The van der Waals surface area contributed by atoms with E-state index in [0.29, 0.717) is 22.7 Å². The van der Waals surface area contributed by atoms with Gasteiger partial charge < -0.3 is 15.4 Å². The second-order valence-corrected chi connectivity index (χ2v) is 5.14. The van der Waals surface area contributed by atoms with Crippen molar-refractivity contribution in [2.75, 3.05) is 17.7 Å². The molecule has 2 aromatic rings. The summed E-state index contributed by atoms with van der Waals surface area (Å²) in [7, 11) is 1.54. The molecule has 124 valence electrons. The number of benzene rings is 2. The average molecular weight is 326 g/mol. The lowest BCUT2D eigenvalue weighted by Crippen LogP contribution is -2.16. The molecule has 0 radical (unpaired) electrons. The van der Waals surface area contributed by atoms with Gasteiger partial charge in [0.15, 0.2) is 5.78 Å². The molecule has 2 N–H and O–H groups in total. The molecule has 2 amide bonds. The van der Waals surface area contributed by atoms with Crippen molar-refractivity contribution in [3.63, 3.8) is 0 Å². The summed E-state index contributed by atoms with van der Waals surface area (Å²) in [6.45, 7) is 1.42. The minimum Gasteiger partial charge on any atom is -0.497 e. The highest BCUT2D eigenvalue weighted by atomic mass is 16.5. The van der Waals surface area contributed by atoms with Gasteiger partial charge in [-0.1, -0.05) is 0 Å². The van der Waals surface area contributed by atoms with E-state index in [2.05, 4.69) is 10.6 Å². The molecule has 0 spiro atoms. The zero-order valence-electron chi connectivity index (χ0n) is 13.5. The normalized spacial score (nSPS) is 9.92. The van der Waals surface area contributed by atoms with Crippen molar-refractivity contribution in [3.05, 3.63) is 54.1 Å². The van der Waals surface area contributed by atoms with E-state index in [9.17, 15) is 14.4 Å². The summed E-state index contributed by atoms with van der Waals surface area (Å²) in [5.41, 5.74) is 1.64. The summed E-state index contributed by atoms with van der Waals surface area (Å²) in [4.78, 5) is 35.0. The lowest BCUT2D eigenvalue weighted by Gasteiger charge is -2.07. The van der Waals surface area contributed by atoms with Gasteiger partial charge in [0.05, 0.1) is 13.5 Å². The smallest absolute Gasteiger partial charge is 0.232 e. The van der Waals surface area contributed by atoms with Crippen molar-refractivity contribution >= 4 is 29.0 Å². The molecule has 2 rings (SSSR count). The standard InChI is InChI=1S/C18H18N2O4/c1-12(21)19-14-5-7-15(8-6-14)20-18(23)11-17(22)13-3-9-16(24-2)10-4-13/h3-10H,11H2,1-2H3,(H,19,21)(H,20,23). The minimum atomic E-state index is -0.400. The van der Waals surface area contributed by atoms with Gasteiger partial charge in [-0.3, -0.25) is 14.4 Å². The number of ketones is 1. The van der Waals surface area contributed by atoms with Crippen LogP contribution in [0.15, 0.2) is 48.5 Å². The molecule has 0 bridgehead atoms. The molecule has 24 heavy (non-hydrogen) atoms. The number of methoxy groups -OCH3 is 1. The van der Waals surface area contributed by atoms with Crippen LogP contribution in [0, 0.1) is 0 Å². The van der Waals surface area contributed by atoms with Gasteiger partial charge in [0, 0.05) is 23.9 Å². The van der Waals surface area contributed by atoms with Crippen LogP contribution in [0.25, 0.3) is 0 Å². The molecular weight excluding hydrogens is 308 g/mol. The molecule has 6 heteroatoms. The molecule has 0 atom stereocenters. The highest BCUT2D eigenvalue weighted by molar-refractivity contribution is 6.11. The van der Waals surface area contributed by atoms with Crippen molar-refractivity contribution in [1.82, 2.24) is 0 Å². The number of Topliss-reactive ketones (excluding diaryl/α,β-unsaturated/α-hetero) is 1. The first-order valence-electron chi connectivity index (χ1n) is 7.32. The predicted molar refractivity (Wildman–Crippen MR) is 91.3 cm³/mol. The first kappa shape index (κ1) is 17.2. The number of amides is 2. The van der Waals surface area contributed by atoms with E-state index in [4.69, 9.17) is 4.74 Å². The van der Waals surface area contributed by atoms with Crippen LogP contribution in [-0.2, 0) is 9.59 Å². The number of hydrogen-bond acceptors (Lipinski definition) is 4. The Bertz CT molecular complexity index is 737. The Kier molecular flexibility index (Phi) is 5.68. The van der Waals surface area contributed by atoms with E-state index in [1.165, 1.54) is 6.92 Å². The average Bonchev–Trinajstić information content (AvgIpc) is 2.56. The highest BCUT2D eigenvalue weighted by Gasteiger charge is 2.12. The van der Waals surface area contributed by atoms with Gasteiger partial charge in [0.2, 0.25) is 11.8 Å². The Labute approximate surface area is 139 Å². The zero-order chi connectivity index (χ0) is 17.5. The van der Waals surface area contributed by atoms with Crippen LogP contribution in [0.3, 0.4) is 0 Å². The Morgan fingerprint density at radius 2 is 1.42 bits per heavy atom. The van der Waals surface area contributed by atoms with Gasteiger partial charge in [-0.25, -0.2) is 0 Å². The maximum Gasteiger partial charge on any atom is 0.232 e. The molecular formula is C18H18N2O4. The quantitative estimate of drug-likeness (QED) is 0.631. The fraction of sp³-hybridized carbons (Fsp3) is 0.167. The third kappa shape index (κ3) is 4.95. The number of anilines is 2. The maximum atomic E-state index is 12.1. The lowest BCUT2D eigenvalue weighted by molar-refractivity contribution is -0.115. The van der Waals surface area contributed by atoms with Crippen LogP contribution >= 0.6 is 0 Å². The van der Waals surface area contributed by atoms with Gasteiger partial charge in [-0.15, -0.1) is 0 Å². The van der Waals surface area contributed by atoms with Gasteiger partial charge in [0.25, 0.3) is 0 Å². The first-order chi connectivity index (χ1) is 11.5. The second kappa shape index (κ2) is 7.92. The van der Waals surface area contributed by atoms with Gasteiger partial charge in [-0.05, 0) is 48.5 Å². The molecule has 0 aliphatic carbocycles. The first-order valence-corrected chi connectivity index (χ1v) is 7.32. The van der Waals surface area contributed by atoms with Crippen LogP contribution in [0.4, 0.5) is 11.4 Å². The Morgan fingerprint density at radius 1 is 0.875 bits per heavy atom. The summed E-state index contributed by atoms with van der Waals surface area (Å²) in [6.07, 6.45) is -0.250. The van der Waals surface area contributed by atoms with Gasteiger partial charge in [0.1, 0.15) is 5.75 Å². The Balaban J connectivity index is 1.92. The SMILES string of the molecule is COc1ccc(C(=O)CC(=O)Nc2ccc(NC(C)=O)cc2)cc1. The number of carbonyl (C=O) groups excluding carboxylic acids is 3. The molecule has 0 aliphatic rings. The van der Waals surface area contributed by atoms with E-state index in [0.717, 1.165) is 0 Å². The topological polar surface area (TPSA) is 84.5 Å². The van der Waals surface area contributed by atoms with E-state index in [1.54, 1.807) is 55.6 Å². The molecule has 6 nitrogen and oxygen atoms in total. The Hall–Kier alpha value is -3.15. The molecule has 0 unspecified atom stereocenters. The third-order valence-corrected chi connectivity index (χ3v) is 3.22. The van der Waals surface area contributed by atoms with Crippen LogP contribution in [0.2, 0.25) is 0 Å². The summed E-state index contributed by atoms with van der Waals surface area (Å²) in [5, 5.41) is 5.28. The van der Waals surface area contributed by atoms with Crippen LogP contribution in [0.5, 0.6) is 5.75 Å². The van der Waals surface area contributed by atoms with Crippen molar-refractivity contribution in [1.29, 1.82) is 0 Å². The van der Waals surface area contributed by atoms with Gasteiger partial charge in [-0.2, -0.15) is 0 Å². The molecule has 2 aromatic carbocycles. The van der Waals surface area contributed by atoms with E-state index >= 15 is 0 Å². The highest BCUT2D eigenvalue weighted by Crippen LogP contribution is 2.15. The third-order valence-electron chi connectivity index (χ3n) is 3.22. The van der Waals surface area contributed by atoms with E-state index in [1.807, 2.05) is 0 Å². The number of carbonyl (C=O) groups is 3. The lowest BCUT2D eigenvalue weighted by atomic mass is 10.1. The molecule has 0 aromatic heterocycles. The summed E-state index contributed by atoms with van der Waals surface area (Å²) >= 11 is 0. The monoisotopic (exact) mass is 326 g/mol. The molecule has 0 saturated heterocycles. The number of nitrogens with one attached hydrogen (secondary N) is 2. The Morgan fingerprint density at radius 3 is 1.92 bits per heavy atom. The van der Waals surface area contributed by atoms with Crippen molar-refractivity contribution < 1.29 is 19.1 Å². The van der Waals surface area contributed by atoms with Crippen molar-refractivity contribution in [2.45, 2.75) is 13.3 Å². The minimum absolute atomic E-state index is 0.170. The zero-order valence-corrected chi connectivity index (χ0v) is 13.5. The summed E-state index contributed by atoms with van der Waals surface area (Å²) in [5.74, 6) is -0.194. The summed E-state index contributed by atoms with van der Waals surface area (Å²) < 4.78 is 5.03. The van der Waals surface area contributed by atoms with Gasteiger partial charge >= 0.3 is 0 Å². The van der Waals surface area contributed by atoms with Crippen molar-refractivity contribution in [2.24, 2.45) is 0 Å². The second-order valence-electron chi connectivity index (χ2n) is 5.14. The number of rotatable bonds is 6. The predicted octanol–water partition coefficient (Wildman–Crippen LogP) is 2.87. The number of hydrogen-bond donors (Lipinski definition) is 2.